The van der Waals surface area contributed by atoms with Crippen molar-refractivity contribution in [1.82, 2.24) is 4.98 Å². The van der Waals surface area contributed by atoms with Gasteiger partial charge in [-0.2, -0.15) is 0 Å². The predicted molar refractivity (Wildman–Crippen MR) is 87.6 cm³/mol. The molecule has 0 aliphatic carbocycles. The Labute approximate surface area is 130 Å². The Kier molecular flexibility index (Phi) is 5.20. The van der Waals surface area contributed by atoms with Crippen LogP contribution in [0.25, 0.3) is 17.0 Å². The lowest BCUT2D eigenvalue weighted by Crippen LogP contribution is -2.04. The molecule has 0 fully saturated rings. The van der Waals surface area contributed by atoms with Gasteiger partial charge in [-0.15, -0.1) is 11.8 Å². The molecule has 1 aromatic heterocycles. The first kappa shape index (κ1) is 15.1. The van der Waals surface area contributed by atoms with Crippen LogP contribution in [0.1, 0.15) is 12.5 Å². The SMILES string of the molecule is CCOC(=O)/C(=C/c1ccc2ncc(Br)cc2c1)SC. The Morgan fingerprint density at radius 2 is 2.25 bits per heavy atom. The molecule has 0 bridgehead atoms. The average molecular weight is 352 g/mol. The standard InChI is InChI=1S/C15H14BrNO2S/c1-3-19-15(18)14(20-2)7-10-4-5-13-11(6-10)8-12(16)9-17-13/h4-9H,3H2,1-2H3/b14-7-. The molecule has 2 rings (SSSR count). The number of hydrogen-bond donors (Lipinski definition) is 0. The summed E-state index contributed by atoms with van der Waals surface area (Å²) in [6, 6.07) is 7.89. The van der Waals surface area contributed by atoms with E-state index in [1.165, 1.54) is 11.8 Å². The molecule has 0 spiro atoms. The van der Waals surface area contributed by atoms with Gasteiger partial charge in [0.25, 0.3) is 0 Å². The summed E-state index contributed by atoms with van der Waals surface area (Å²) in [5, 5.41) is 1.03. The van der Waals surface area contributed by atoms with Crippen LogP contribution in [0.3, 0.4) is 0 Å². The van der Waals surface area contributed by atoms with Crippen molar-refractivity contribution >= 4 is 50.6 Å². The highest BCUT2D eigenvalue weighted by Crippen LogP contribution is 2.22. The van der Waals surface area contributed by atoms with Crippen LogP contribution in [0.4, 0.5) is 0 Å². The third-order valence-electron chi connectivity index (χ3n) is 2.67. The second-order valence-corrected chi connectivity index (χ2v) is 5.80. The maximum Gasteiger partial charge on any atom is 0.344 e. The van der Waals surface area contributed by atoms with Crippen LogP contribution in [0.2, 0.25) is 0 Å². The fraction of sp³-hybridized carbons (Fsp3) is 0.200. The van der Waals surface area contributed by atoms with Crippen LogP contribution in [0.15, 0.2) is 39.8 Å². The summed E-state index contributed by atoms with van der Waals surface area (Å²) < 4.78 is 5.96. The van der Waals surface area contributed by atoms with Crippen LogP contribution in [0, 0.1) is 0 Å². The number of halogens is 1. The van der Waals surface area contributed by atoms with Crippen LogP contribution in [-0.4, -0.2) is 23.8 Å². The Morgan fingerprint density at radius 1 is 1.45 bits per heavy atom. The van der Waals surface area contributed by atoms with Crippen molar-refractivity contribution in [1.29, 1.82) is 0 Å². The molecule has 3 nitrogen and oxygen atoms in total. The van der Waals surface area contributed by atoms with Gasteiger partial charge in [-0.25, -0.2) is 4.79 Å². The number of benzene rings is 1. The van der Waals surface area contributed by atoms with Crippen LogP contribution in [0.5, 0.6) is 0 Å². The Balaban J connectivity index is 2.38. The maximum absolute atomic E-state index is 11.8. The number of hydrogen-bond acceptors (Lipinski definition) is 4. The number of esters is 1. The topological polar surface area (TPSA) is 39.2 Å². The van der Waals surface area contributed by atoms with Crippen molar-refractivity contribution in [2.45, 2.75) is 6.92 Å². The number of thioether (sulfide) groups is 1. The van der Waals surface area contributed by atoms with Gasteiger partial charge in [0.2, 0.25) is 0 Å². The Hall–Kier alpha value is -1.33. The molecule has 1 heterocycles. The summed E-state index contributed by atoms with van der Waals surface area (Å²) in [7, 11) is 0. The summed E-state index contributed by atoms with van der Waals surface area (Å²) in [4.78, 5) is 16.7. The zero-order valence-corrected chi connectivity index (χ0v) is 13.6. The predicted octanol–water partition coefficient (Wildman–Crippen LogP) is 4.26. The molecular weight excluding hydrogens is 338 g/mol. The second kappa shape index (κ2) is 6.90. The highest BCUT2D eigenvalue weighted by atomic mass is 79.9. The fourth-order valence-corrected chi connectivity index (χ4v) is 2.60. The highest BCUT2D eigenvalue weighted by molar-refractivity contribution is 9.10. The molecule has 0 unspecified atom stereocenters. The maximum atomic E-state index is 11.8. The molecule has 0 radical (unpaired) electrons. The molecule has 0 aliphatic rings. The molecule has 0 aliphatic heterocycles. The first-order chi connectivity index (χ1) is 9.63. The first-order valence-electron chi connectivity index (χ1n) is 6.12. The number of nitrogens with zero attached hydrogens (tertiary/aromatic N) is 1. The lowest BCUT2D eigenvalue weighted by atomic mass is 10.1. The molecule has 20 heavy (non-hydrogen) atoms. The van der Waals surface area contributed by atoms with Crippen molar-refractivity contribution in [3.8, 4) is 0 Å². The third kappa shape index (κ3) is 3.61. The van der Waals surface area contributed by atoms with Gasteiger partial charge in [-0.1, -0.05) is 6.07 Å². The van der Waals surface area contributed by atoms with Gasteiger partial charge >= 0.3 is 5.97 Å². The van der Waals surface area contributed by atoms with Gasteiger partial charge in [0.15, 0.2) is 0 Å². The normalized spacial score (nSPS) is 11.7. The van der Waals surface area contributed by atoms with Crippen molar-refractivity contribution in [2.75, 3.05) is 12.9 Å². The molecule has 5 heteroatoms. The summed E-state index contributed by atoms with van der Waals surface area (Å²) in [5.74, 6) is -0.285. The molecule has 0 saturated heterocycles. The number of pyridine rings is 1. The van der Waals surface area contributed by atoms with E-state index in [4.69, 9.17) is 4.74 Å². The van der Waals surface area contributed by atoms with Crippen LogP contribution >= 0.6 is 27.7 Å². The molecule has 0 atom stereocenters. The van der Waals surface area contributed by atoms with Gasteiger partial charge in [0.1, 0.15) is 0 Å². The largest absolute Gasteiger partial charge is 0.462 e. The van der Waals surface area contributed by atoms with E-state index in [0.29, 0.717) is 11.5 Å². The zero-order chi connectivity index (χ0) is 14.5. The molecule has 0 N–H and O–H groups in total. The fourth-order valence-electron chi connectivity index (χ4n) is 1.77. The third-order valence-corrected chi connectivity index (χ3v) is 3.82. The molecule has 0 saturated carbocycles. The Morgan fingerprint density at radius 3 is 2.95 bits per heavy atom. The lowest BCUT2D eigenvalue weighted by Gasteiger charge is -2.05. The second-order valence-electron chi connectivity index (χ2n) is 4.04. The van der Waals surface area contributed by atoms with Gasteiger partial charge in [0.05, 0.1) is 17.0 Å². The quantitative estimate of drug-likeness (QED) is 0.609. The zero-order valence-electron chi connectivity index (χ0n) is 11.2. The Bertz CT molecular complexity index is 670. The van der Waals surface area contributed by atoms with E-state index < -0.39 is 0 Å². The van der Waals surface area contributed by atoms with Gasteiger partial charge in [-0.05, 0) is 58.9 Å². The van der Waals surface area contributed by atoms with Crippen molar-refractivity contribution in [3.63, 3.8) is 0 Å². The molecule has 104 valence electrons. The smallest absolute Gasteiger partial charge is 0.344 e. The van der Waals surface area contributed by atoms with Crippen molar-refractivity contribution in [2.24, 2.45) is 0 Å². The summed E-state index contributed by atoms with van der Waals surface area (Å²) in [6.45, 7) is 2.18. The minimum atomic E-state index is -0.285. The van der Waals surface area contributed by atoms with Gasteiger partial charge in [0, 0.05) is 16.1 Å². The number of carbonyl (C=O) groups excluding carboxylic acids is 1. The minimum absolute atomic E-state index is 0.285. The summed E-state index contributed by atoms with van der Waals surface area (Å²) >= 11 is 4.79. The van der Waals surface area contributed by atoms with Crippen LogP contribution in [-0.2, 0) is 9.53 Å². The monoisotopic (exact) mass is 351 g/mol. The number of aromatic nitrogens is 1. The number of rotatable bonds is 4. The summed E-state index contributed by atoms with van der Waals surface area (Å²) in [5.41, 5.74) is 1.88. The average Bonchev–Trinajstić information content (AvgIpc) is 2.44. The van der Waals surface area contributed by atoms with Crippen molar-refractivity contribution in [3.05, 3.63) is 45.4 Å². The molecule has 0 amide bonds. The van der Waals surface area contributed by atoms with Gasteiger partial charge in [-0.3, -0.25) is 4.98 Å². The molecule has 2 aromatic rings. The number of fused-ring (bicyclic) bond motifs is 1. The van der Waals surface area contributed by atoms with Gasteiger partial charge < -0.3 is 4.74 Å². The minimum Gasteiger partial charge on any atom is -0.462 e. The van der Waals surface area contributed by atoms with E-state index in [1.54, 1.807) is 13.1 Å². The molecule has 1 aromatic carbocycles. The van der Waals surface area contributed by atoms with E-state index >= 15 is 0 Å². The first-order valence-corrected chi connectivity index (χ1v) is 8.14. The van der Waals surface area contributed by atoms with Crippen molar-refractivity contribution < 1.29 is 9.53 Å². The van der Waals surface area contributed by atoms with E-state index in [9.17, 15) is 4.79 Å². The number of carbonyl (C=O) groups is 1. The van der Waals surface area contributed by atoms with E-state index in [1.807, 2.05) is 36.6 Å². The number of ether oxygens (including phenoxy) is 1. The van der Waals surface area contributed by atoms with E-state index in [2.05, 4.69) is 20.9 Å². The lowest BCUT2D eigenvalue weighted by molar-refractivity contribution is -0.137. The summed E-state index contributed by atoms with van der Waals surface area (Å²) in [6.07, 6.45) is 5.47. The highest BCUT2D eigenvalue weighted by Gasteiger charge is 2.09. The van der Waals surface area contributed by atoms with Crippen LogP contribution < -0.4 is 0 Å². The van der Waals surface area contributed by atoms with E-state index in [0.717, 1.165) is 20.9 Å². The molecular formula is C15H14BrNO2S. The van der Waals surface area contributed by atoms with E-state index in [-0.39, 0.29) is 5.97 Å².